The molecule has 0 saturated heterocycles. The van der Waals surface area contributed by atoms with E-state index in [0.717, 1.165) is 21.8 Å². The van der Waals surface area contributed by atoms with E-state index >= 15 is 0 Å². The molecule has 1 aromatic heterocycles. The zero-order chi connectivity index (χ0) is 13.1. The maximum absolute atomic E-state index is 11.4. The highest BCUT2D eigenvalue weighted by atomic mass is 35.5. The molecule has 0 saturated carbocycles. The molecule has 94 valence electrons. The molecular weight excluding hydrogens is 268 g/mol. The quantitative estimate of drug-likeness (QED) is 0.771. The second kappa shape index (κ2) is 5.55. The number of rotatable bonds is 4. The number of ether oxygens (including phenoxy) is 1. The lowest BCUT2D eigenvalue weighted by Crippen LogP contribution is -1.92. The minimum absolute atomic E-state index is 0.414. The van der Waals surface area contributed by atoms with Crippen molar-refractivity contribution < 1.29 is 9.53 Å². The van der Waals surface area contributed by atoms with E-state index in [0.29, 0.717) is 12.2 Å². The maximum atomic E-state index is 11.4. The number of hydrogen-bond acceptors (Lipinski definition) is 3. The third-order valence-corrected chi connectivity index (χ3v) is 3.76. The lowest BCUT2D eigenvalue weighted by Gasteiger charge is -2.06. The van der Waals surface area contributed by atoms with Crippen LogP contribution in [0.2, 0.25) is 0 Å². The highest BCUT2D eigenvalue weighted by Crippen LogP contribution is 2.34. The number of thiophene rings is 1. The second-order valence-electron chi connectivity index (χ2n) is 3.81. The Labute approximate surface area is 115 Å². The SMILES string of the molecule is CCOc1ccc(-c2c(C(=O)Cl)csc2C)cc1. The van der Waals surface area contributed by atoms with Gasteiger partial charge in [-0.3, -0.25) is 4.79 Å². The predicted molar refractivity (Wildman–Crippen MR) is 75.8 cm³/mol. The largest absolute Gasteiger partial charge is 0.494 e. The van der Waals surface area contributed by atoms with Crippen molar-refractivity contribution in [3.05, 3.63) is 40.1 Å². The van der Waals surface area contributed by atoms with Gasteiger partial charge in [0.1, 0.15) is 5.75 Å². The molecule has 0 spiro atoms. The number of hydrogen-bond donors (Lipinski definition) is 0. The summed E-state index contributed by atoms with van der Waals surface area (Å²) in [6, 6.07) is 7.70. The minimum atomic E-state index is -0.414. The molecule has 0 aliphatic heterocycles. The van der Waals surface area contributed by atoms with Gasteiger partial charge in [0, 0.05) is 15.8 Å². The summed E-state index contributed by atoms with van der Waals surface area (Å²) < 4.78 is 5.40. The van der Waals surface area contributed by atoms with Crippen LogP contribution in [-0.2, 0) is 0 Å². The van der Waals surface area contributed by atoms with Gasteiger partial charge >= 0.3 is 0 Å². The summed E-state index contributed by atoms with van der Waals surface area (Å²) in [6.45, 7) is 4.57. The molecule has 0 atom stereocenters. The maximum Gasteiger partial charge on any atom is 0.253 e. The van der Waals surface area contributed by atoms with E-state index in [2.05, 4.69) is 0 Å². The van der Waals surface area contributed by atoms with Crippen molar-refractivity contribution in [2.75, 3.05) is 6.61 Å². The Hall–Kier alpha value is -1.32. The summed E-state index contributed by atoms with van der Waals surface area (Å²) in [5.74, 6) is 0.827. The summed E-state index contributed by atoms with van der Waals surface area (Å²) in [4.78, 5) is 12.5. The molecule has 0 fully saturated rings. The van der Waals surface area contributed by atoms with Gasteiger partial charge < -0.3 is 4.74 Å². The summed E-state index contributed by atoms with van der Waals surface area (Å²) in [6.07, 6.45) is 0. The van der Waals surface area contributed by atoms with Crippen molar-refractivity contribution in [2.45, 2.75) is 13.8 Å². The fourth-order valence-electron chi connectivity index (χ4n) is 1.84. The normalized spacial score (nSPS) is 10.4. The Morgan fingerprint density at radius 2 is 2.00 bits per heavy atom. The minimum Gasteiger partial charge on any atom is -0.494 e. The molecular formula is C14H13ClO2S. The first-order valence-electron chi connectivity index (χ1n) is 5.64. The number of halogens is 1. The van der Waals surface area contributed by atoms with E-state index in [9.17, 15) is 4.79 Å². The second-order valence-corrected chi connectivity index (χ2v) is 5.24. The summed E-state index contributed by atoms with van der Waals surface area (Å²) in [5, 5.41) is 1.39. The molecule has 0 N–H and O–H groups in total. The molecule has 0 aliphatic carbocycles. The van der Waals surface area contributed by atoms with Crippen LogP contribution >= 0.6 is 22.9 Å². The van der Waals surface area contributed by atoms with E-state index in [1.807, 2.05) is 38.1 Å². The Morgan fingerprint density at radius 1 is 1.33 bits per heavy atom. The Morgan fingerprint density at radius 3 is 2.56 bits per heavy atom. The molecule has 0 aliphatic rings. The van der Waals surface area contributed by atoms with Gasteiger partial charge in [-0.2, -0.15) is 0 Å². The number of carbonyl (C=O) groups is 1. The monoisotopic (exact) mass is 280 g/mol. The molecule has 2 rings (SSSR count). The molecule has 0 bridgehead atoms. The zero-order valence-corrected chi connectivity index (χ0v) is 11.8. The van der Waals surface area contributed by atoms with Crippen molar-refractivity contribution in [3.8, 4) is 16.9 Å². The molecule has 0 unspecified atom stereocenters. The molecule has 2 nitrogen and oxygen atoms in total. The van der Waals surface area contributed by atoms with Crippen LogP contribution in [0.25, 0.3) is 11.1 Å². The van der Waals surface area contributed by atoms with Crippen LogP contribution in [0.5, 0.6) is 5.75 Å². The third kappa shape index (κ3) is 2.57. The van der Waals surface area contributed by atoms with Crippen molar-refractivity contribution in [3.63, 3.8) is 0 Å². The lowest BCUT2D eigenvalue weighted by atomic mass is 10.0. The standard InChI is InChI=1S/C14H13ClO2S/c1-3-17-11-6-4-10(5-7-11)13-9(2)18-8-12(13)14(15)16/h4-8H,3H2,1-2H3. The summed E-state index contributed by atoms with van der Waals surface area (Å²) >= 11 is 7.13. The van der Waals surface area contributed by atoms with Crippen molar-refractivity contribution in [1.29, 1.82) is 0 Å². The fraction of sp³-hybridized carbons (Fsp3) is 0.214. The van der Waals surface area contributed by atoms with Crippen LogP contribution in [0.4, 0.5) is 0 Å². The summed E-state index contributed by atoms with van der Waals surface area (Å²) in [7, 11) is 0. The Balaban J connectivity index is 2.42. The molecule has 0 amide bonds. The number of aryl methyl sites for hydroxylation is 1. The lowest BCUT2D eigenvalue weighted by molar-refractivity contribution is 0.108. The highest BCUT2D eigenvalue weighted by Gasteiger charge is 2.15. The van der Waals surface area contributed by atoms with Crippen LogP contribution in [0, 0.1) is 6.92 Å². The van der Waals surface area contributed by atoms with Crippen molar-refractivity contribution in [1.82, 2.24) is 0 Å². The van der Waals surface area contributed by atoms with E-state index in [-0.39, 0.29) is 0 Å². The van der Waals surface area contributed by atoms with Crippen molar-refractivity contribution in [2.24, 2.45) is 0 Å². The van der Waals surface area contributed by atoms with Crippen LogP contribution in [0.1, 0.15) is 22.2 Å². The van der Waals surface area contributed by atoms with E-state index in [1.165, 1.54) is 11.3 Å². The Kier molecular flexibility index (Phi) is 4.04. The average Bonchev–Trinajstić information content (AvgIpc) is 2.73. The predicted octanol–water partition coefficient (Wildman–Crippen LogP) is 4.50. The molecule has 1 aromatic carbocycles. The van der Waals surface area contributed by atoms with Crippen molar-refractivity contribution >= 4 is 28.2 Å². The van der Waals surface area contributed by atoms with E-state index in [1.54, 1.807) is 5.38 Å². The van der Waals surface area contributed by atoms with Gasteiger partial charge in [0.25, 0.3) is 5.24 Å². The van der Waals surface area contributed by atoms with Gasteiger partial charge in [-0.05, 0) is 43.1 Å². The molecule has 2 aromatic rings. The first-order valence-corrected chi connectivity index (χ1v) is 6.90. The van der Waals surface area contributed by atoms with Gasteiger partial charge in [-0.15, -0.1) is 11.3 Å². The van der Waals surface area contributed by atoms with E-state index < -0.39 is 5.24 Å². The summed E-state index contributed by atoms with van der Waals surface area (Å²) in [5.41, 5.74) is 2.48. The smallest absolute Gasteiger partial charge is 0.253 e. The van der Waals surface area contributed by atoms with Gasteiger partial charge in [-0.25, -0.2) is 0 Å². The first-order chi connectivity index (χ1) is 8.63. The first kappa shape index (κ1) is 13.1. The van der Waals surface area contributed by atoms with Crippen LogP contribution < -0.4 is 4.74 Å². The zero-order valence-electron chi connectivity index (χ0n) is 10.2. The number of benzene rings is 1. The number of carbonyl (C=O) groups excluding carboxylic acids is 1. The van der Waals surface area contributed by atoms with Crippen LogP contribution in [0.3, 0.4) is 0 Å². The van der Waals surface area contributed by atoms with E-state index in [4.69, 9.17) is 16.3 Å². The van der Waals surface area contributed by atoms with Gasteiger partial charge in [0.15, 0.2) is 0 Å². The molecule has 18 heavy (non-hydrogen) atoms. The third-order valence-electron chi connectivity index (χ3n) is 2.64. The van der Waals surface area contributed by atoms with Gasteiger partial charge in [0.2, 0.25) is 0 Å². The Bertz CT molecular complexity index is 558. The molecule has 4 heteroatoms. The van der Waals surface area contributed by atoms with Crippen LogP contribution in [0.15, 0.2) is 29.6 Å². The van der Waals surface area contributed by atoms with Crippen LogP contribution in [-0.4, -0.2) is 11.8 Å². The molecule has 1 heterocycles. The highest BCUT2D eigenvalue weighted by molar-refractivity contribution is 7.11. The average molecular weight is 281 g/mol. The van der Waals surface area contributed by atoms with Gasteiger partial charge in [-0.1, -0.05) is 12.1 Å². The fourth-order valence-corrected chi connectivity index (χ4v) is 2.92. The topological polar surface area (TPSA) is 26.3 Å². The molecule has 0 radical (unpaired) electrons. The van der Waals surface area contributed by atoms with Gasteiger partial charge in [0.05, 0.1) is 12.2 Å².